The highest BCUT2D eigenvalue weighted by Gasteiger charge is 2.06. The number of rotatable bonds is 2. The Morgan fingerprint density at radius 2 is 2.00 bits per heavy atom. The average Bonchev–Trinajstić information content (AvgIpc) is 2.50. The Balaban J connectivity index is 2.26. The maximum atomic E-state index is 5.66. The molecule has 0 saturated carbocycles. The van der Waals surface area contributed by atoms with E-state index >= 15 is 0 Å². The van der Waals surface area contributed by atoms with Gasteiger partial charge in [0.25, 0.3) is 0 Å². The van der Waals surface area contributed by atoms with E-state index in [-0.39, 0.29) is 5.95 Å². The molecule has 2 aromatic rings. The maximum absolute atomic E-state index is 5.66. The third kappa shape index (κ3) is 1.83. The number of aromatic nitrogens is 3. The van der Waals surface area contributed by atoms with Gasteiger partial charge in [0.15, 0.2) is 5.82 Å². The van der Waals surface area contributed by atoms with Crippen molar-refractivity contribution in [3.8, 4) is 0 Å². The van der Waals surface area contributed by atoms with E-state index in [2.05, 4.69) is 10.2 Å². The molecule has 0 saturated heterocycles. The summed E-state index contributed by atoms with van der Waals surface area (Å²) in [7, 11) is 0. The van der Waals surface area contributed by atoms with Crippen molar-refractivity contribution in [1.82, 2.24) is 14.9 Å². The number of anilines is 2. The van der Waals surface area contributed by atoms with Crippen molar-refractivity contribution in [1.29, 1.82) is 0 Å². The lowest BCUT2D eigenvalue weighted by atomic mass is 10.1. The first-order valence-electron chi connectivity index (χ1n) is 4.46. The van der Waals surface area contributed by atoms with Gasteiger partial charge in [0, 0.05) is 12.1 Å². The first-order valence-corrected chi connectivity index (χ1v) is 4.46. The van der Waals surface area contributed by atoms with Crippen molar-refractivity contribution < 1.29 is 0 Å². The smallest absolute Gasteiger partial charge is 0.240 e. The summed E-state index contributed by atoms with van der Waals surface area (Å²) in [5.41, 5.74) is 12.9. The van der Waals surface area contributed by atoms with Crippen LogP contribution in [0.1, 0.15) is 11.4 Å². The van der Waals surface area contributed by atoms with E-state index in [1.54, 1.807) is 0 Å². The summed E-state index contributed by atoms with van der Waals surface area (Å²) in [6, 6.07) is 7.52. The Morgan fingerprint density at radius 1 is 1.20 bits per heavy atom. The average molecular weight is 204 g/mol. The van der Waals surface area contributed by atoms with Gasteiger partial charge in [-0.05, 0) is 17.7 Å². The molecule has 0 aliphatic carbocycles. The summed E-state index contributed by atoms with van der Waals surface area (Å²) in [5, 5.41) is 7.53. The second-order valence-corrected chi connectivity index (χ2v) is 3.27. The summed E-state index contributed by atoms with van der Waals surface area (Å²) in [6.45, 7) is 0. The molecule has 0 aliphatic heterocycles. The molecule has 0 unspecified atom stereocenters. The van der Waals surface area contributed by atoms with Gasteiger partial charge in [-0.25, -0.2) is 4.68 Å². The summed E-state index contributed by atoms with van der Waals surface area (Å²) >= 11 is 0. The van der Waals surface area contributed by atoms with E-state index in [9.17, 15) is 0 Å². The Hall–Kier alpha value is -2.24. The van der Waals surface area contributed by atoms with E-state index in [1.807, 2.05) is 24.3 Å². The van der Waals surface area contributed by atoms with Gasteiger partial charge in [0.2, 0.25) is 5.95 Å². The molecule has 15 heavy (non-hydrogen) atoms. The molecule has 0 spiro atoms. The van der Waals surface area contributed by atoms with Crippen LogP contribution in [-0.2, 0) is 6.42 Å². The zero-order valence-corrected chi connectivity index (χ0v) is 8.09. The van der Waals surface area contributed by atoms with Gasteiger partial charge in [-0.15, -0.1) is 10.2 Å². The molecule has 6 heteroatoms. The lowest BCUT2D eigenvalue weighted by Gasteiger charge is -2.02. The fourth-order valence-corrected chi connectivity index (χ4v) is 1.34. The zero-order valence-electron chi connectivity index (χ0n) is 8.09. The monoisotopic (exact) mass is 204 g/mol. The number of nitrogen functional groups attached to an aromatic ring is 3. The predicted octanol–water partition coefficient (Wildman–Crippen LogP) is -0.253. The van der Waals surface area contributed by atoms with Crippen molar-refractivity contribution in [3.05, 3.63) is 35.7 Å². The minimum absolute atomic E-state index is 0.203. The van der Waals surface area contributed by atoms with Crippen LogP contribution in [0.4, 0.5) is 11.6 Å². The van der Waals surface area contributed by atoms with E-state index in [4.69, 9.17) is 17.3 Å². The van der Waals surface area contributed by atoms with Crippen molar-refractivity contribution in [2.24, 2.45) is 0 Å². The summed E-state index contributed by atoms with van der Waals surface area (Å²) in [4.78, 5) is 0. The molecule has 1 aromatic heterocycles. The molecule has 6 N–H and O–H groups in total. The van der Waals surface area contributed by atoms with E-state index < -0.39 is 0 Å². The third-order valence-corrected chi connectivity index (χ3v) is 2.11. The molecule has 1 aromatic carbocycles. The number of benzene rings is 1. The molecule has 6 nitrogen and oxygen atoms in total. The zero-order chi connectivity index (χ0) is 10.8. The Morgan fingerprint density at radius 3 is 2.60 bits per heavy atom. The van der Waals surface area contributed by atoms with Crippen molar-refractivity contribution in [2.75, 3.05) is 17.3 Å². The third-order valence-electron chi connectivity index (χ3n) is 2.11. The molecule has 0 bridgehead atoms. The highest BCUT2D eigenvalue weighted by molar-refractivity contribution is 5.41. The van der Waals surface area contributed by atoms with Crippen LogP contribution in [0.2, 0.25) is 0 Å². The minimum Gasteiger partial charge on any atom is -0.399 e. The second kappa shape index (κ2) is 3.49. The predicted molar refractivity (Wildman–Crippen MR) is 58.2 cm³/mol. The van der Waals surface area contributed by atoms with Crippen LogP contribution in [0.3, 0.4) is 0 Å². The number of hydrogen-bond acceptors (Lipinski definition) is 5. The van der Waals surface area contributed by atoms with Gasteiger partial charge in [-0.1, -0.05) is 12.1 Å². The van der Waals surface area contributed by atoms with Gasteiger partial charge >= 0.3 is 0 Å². The van der Waals surface area contributed by atoms with Gasteiger partial charge in [0.1, 0.15) is 0 Å². The Kier molecular flexibility index (Phi) is 2.17. The quantitative estimate of drug-likeness (QED) is 0.461. The number of hydrogen-bond donors (Lipinski definition) is 3. The van der Waals surface area contributed by atoms with Crippen LogP contribution >= 0.6 is 0 Å². The van der Waals surface area contributed by atoms with Crippen molar-refractivity contribution in [3.63, 3.8) is 0 Å². The van der Waals surface area contributed by atoms with E-state index in [1.165, 1.54) is 4.68 Å². The highest BCUT2D eigenvalue weighted by atomic mass is 15.4. The first-order chi connectivity index (χ1) is 7.16. The van der Waals surface area contributed by atoms with E-state index in [0.29, 0.717) is 17.9 Å². The van der Waals surface area contributed by atoms with Crippen LogP contribution < -0.4 is 17.3 Å². The lowest BCUT2D eigenvalue weighted by molar-refractivity contribution is 0.879. The van der Waals surface area contributed by atoms with Gasteiger partial charge < -0.3 is 17.3 Å². The molecule has 0 aliphatic rings. The normalized spacial score (nSPS) is 10.4. The largest absolute Gasteiger partial charge is 0.399 e. The van der Waals surface area contributed by atoms with Crippen LogP contribution in [-0.4, -0.2) is 14.9 Å². The number of nitrogens with zero attached hydrogens (tertiary/aromatic N) is 3. The fourth-order valence-electron chi connectivity index (χ4n) is 1.34. The van der Waals surface area contributed by atoms with Gasteiger partial charge in [-0.3, -0.25) is 0 Å². The first kappa shape index (κ1) is 9.32. The molecular formula is C9H12N6. The molecule has 0 amide bonds. The van der Waals surface area contributed by atoms with Crippen LogP contribution in [0, 0.1) is 0 Å². The highest BCUT2D eigenvalue weighted by Crippen LogP contribution is 2.11. The minimum atomic E-state index is 0.203. The maximum Gasteiger partial charge on any atom is 0.240 e. The number of nitrogens with two attached hydrogens (primary N) is 3. The second-order valence-electron chi connectivity index (χ2n) is 3.27. The molecule has 0 atom stereocenters. The summed E-state index contributed by atoms with van der Waals surface area (Å²) in [6.07, 6.45) is 0.561. The standard InChI is InChI=1S/C9H12N6/c10-7-3-1-2-6(4-7)5-8-13-14-9(11)15(8)12/h1-4H,5,10,12H2,(H2,11,14). The molecule has 0 fully saturated rings. The fraction of sp³-hybridized carbons (Fsp3) is 0.111. The molecule has 78 valence electrons. The van der Waals surface area contributed by atoms with E-state index in [0.717, 1.165) is 5.56 Å². The lowest BCUT2D eigenvalue weighted by Crippen LogP contribution is -2.15. The Bertz CT molecular complexity index is 475. The SMILES string of the molecule is Nc1cccc(Cc2nnc(N)n2N)c1. The summed E-state index contributed by atoms with van der Waals surface area (Å²) in [5.74, 6) is 6.44. The van der Waals surface area contributed by atoms with Gasteiger partial charge in [-0.2, -0.15) is 0 Å². The molecule has 2 rings (SSSR count). The van der Waals surface area contributed by atoms with Crippen LogP contribution in [0.25, 0.3) is 0 Å². The topological polar surface area (TPSA) is 109 Å². The van der Waals surface area contributed by atoms with Crippen molar-refractivity contribution in [2.45, 2.75) is 6.42 Å². The molecule has 0 radical (unpaired) electrons. The molecular weight excluding hydrogens is 192 g/mol. The summed E-state index contributed by atoms with van der Waals surface area (Å²) < 4.78 is 1.27. The van der Waals surface area contributed by atoms with Crippen LogP contribution in [0.15, 0.2) is 24.3 Å². The van der Waals surface area contributed by atoms with Gasteiger partial charge in [0.05, 0.1) is 0 Å². The molecule has 1 heterocycles. The van der Waals surface area contributed by atoms with Crippen LogP contribution in [0.5, 0.6) is 0 Å². The Labute approximate surface area is 86.7 Å². The van der Waals surface area contributed by atoms with Crippen molar-refractivity contribution >= 4 is 11.6 Å².